The lowest BCUT2D eigenvalue weighted by atomic mass is 9.80. The summed E-state index contributed by atoms with van der Waals surface area (Å²) in [6, 6.07) is 55.0. The van der Waals surface area contributed by atoms with Gasteiger partial charge in [0.2, 0.25) is 0 Å². The van der Waals surface area contributed by atoms with E-state index < -0.39 is 0 Å². The standard InChI is InChI=1S/C48H32N4O/c1-48(2)36-22-12-9-19-31(36)32-25-27-38-42(43(32)48)33-20-10-13-23-37(33)52(38)39-28-26-35(41-34-21-11-14-24-40(34)53-44(39)41)47-50-45(29-15-5-3-6-16-29)49-46(51-47)30-17-7-4-8-18-30/h3-28H,1-2H3. The summed E-state index contributed by atoms with van der Waals surface area (Å²) in [5.41, 5.74) is 12.8. The second-order valence-corrected chi connectivity index (χ2v) is 14.4. The van der Waals surface area contributed by atoms with Crippen molar-refractivity contribution >= 4 is 43.7 Å². The minimum absolute atomic E-state index is 0.162. The molecule has 0 bridgehead atoms. The smallest absolute Gasteiger partial charge is 0.164 e. The van der Waals surface area contributed by atoms with Crippen molar-refractivity contribution in [1.82, 2.24) is 19.5 Å². The predicted molar refractivity (Wildman–Crippen MR) is 215 cm³/mol. The highest BCUT2D eigenvalue weighted by Crippen LogP contribution is 2.53. The van der Waals surface area contributed by atoms with Crippen LogP contribution in [0.1, 0.15) is 25.0 Å². The number of aromatic nitrogens is 4. The molecule has 53 heavy (non-hydrogen) atoms. The first-order valence-electron chi connectivity index (χ1n) is 18.0. The van der Waals surface area contributed by atoms with E-state index in [4.69, 9.17) is 19.4 Å². The molecular formula is C48H32N4O. The van der Waals surface area contributed by atoms with Gasteiger partial charge < -0.3 is 8.98 Å². The van der Waals surface area contributed by atoms with E-state index in [1.165, 1.54) is 33.0 Å². The van der Waals surface area contributed by atoms with Crippen molar-refractivity contribution in [2.45, 2.75) is 19.3 Å². The Labute approximate surface area is 305 Å². The summed E-state index contributed by atoms with van der Waals surface area (Å²) < 4.78 is 9.28. The average molecular weight is 681 g/mol. The van der Waals surface area contributed by atoms with Crippen LogP contribution in [0.25, 0.3) is 94.7 Å². The number of benzene rings is 7. The molecule has 0 saturated heterocycles. The molecule has 7 aromatic carbocycles. The van der Waals surface area contributed by atoms with Crippen LogP contribution in [0.3, 0.4) is 0 Å². The molecule has 0 unspecified atom stereocenters. The molecule has 11 rings (SSSR count). The molecule has 0 amide bonds. The fourth-order valence-electron chi connectivity index (χ4n) is 8.70. The largest absolute Gasteiger partial charge is 0.454 e. The van der Waals surface area contributed by atoms with Gasteiger partial charge in [-0.15, -0.1) is 0 Å². The molecule has 0 radical (unpaired) electrons. The summed E-state index contributed by atoms with van der Waals surface area (Å²) in [6.07, 6.45) is 0. The van der Waals surface area contributed by atoms with Gasteiger partial charge in [0.15, 0.2) is 23.1 Å². The zero-order chi connectivity index (χ0) is 35.3. The van der Waals surface area contributed by atoms with Crippen LogP contribution in [0.4, 0.5) is 0 Å². The number of para-hydroxylation sites is 2. The van der Waals surface area contributed by atoms with Gasteiger partial charge in [-0.05, 0) is 52.6 Å². The van der Waals surface area contributed by atoms with Gasteiger partial charge in [0, 0.05) is 43.7 Å². The van der Waals surface area contributed by atoms with Crippen LogP contribution in [0, 0.1) is 0 Å². The number of hydrogen-bond acceptors (Lipinski definition) is 4. The average Bonchev–Trinajstić information content (AvgIpc) is 3.84. The highest BCUT2D eigenvalue weighted by molar-refractivity contribution is 6.18. The molecule has 1 aliphatic carbocycles. The second kappa shape index (κ2) is 11.1. The van der Waals surface area contributed by atoms with Crippen LogP contribution in [-0.4, -0.2) is 19.5 Å². The van der Waals surface area contributed by atoms with Crippen molar-refractivity contribution in [1.29, 1.82) is 0 Å². The Morgan fingerprint density at radius 3 is 1.83 bits per heavy atom. The number of furan rings is 1. The summed E-state index contributed by atoms with van der Waals surface area (Å²) in [7, 11) is 0. The Morgan fingerprint density at radius 1 is 0.472 bits per heavy atom. The van der Waals surface area contributed by atoms with Crippen LogP contribution >= 0.6 is 0 Å². The Balaban J connectivity index is 1.22. The highest BCUT2D eigenvalue weighted by atomic mass is 16.3. The van der Waals surface area contributed by atoms with Gasteiger partial charge >= 0.3 is 0 Å². The minimum atomic E-state index is -0.162. The molecule has 10 aromatic rings. The summed E-state index contributed by atoms with van der Waals surface area (Å²) in [4.78, 5) is 15.2. The molecule has 0 aliphatic heterocycles. The molecule has 0 saturated carbocycles. The molecule has 3 aromatic heterocycles. The van der Waals surface area contributed by atoms with Crippen LogP contribution in [0.2, 0.25) is 0 Å². The van der Waals surface area contributed by atoms with E-state index in [0.29, 0.717) is 17.5 Å². The van der Waals surface area contributed by atoms with Gasteiger partial charge in [-0.1, -0.05) is 141 Å². The zero-order valence-electron chi connectivity index (χ0n) is 29.2. The lowest BCUT2D eigenvalue weighted by molar-refractivity contribution is 0.666. The van der Waals surface area contributed by atoms with Gasteiger partial charge in [0.05, 0.1) is 16.7 Å². The Kier molecular flexibility index (Phi) is 6.23. The van der Waals surface area contributed by atoms with E-state index in [1.807, 2.05) is 72.8 Å². The van der Waals surface area contributed by atoms with Gasteiger partial charge in [0.25, 0.3) is 0 Å². The predicted octanol–water partition coefficient (Wildman–Crippen LogP) is 12.2. The van der Waals surface area contributed by atoms with E-state index in [9.17, 15) is 0 Å². The quantitative estimate of drug-likeness (QED) is 0.186. The molecule has 5 nitrogen and oxygen atoms in total. The van der Waals surface area contributed by atoms with Crippen molar-refractivity contribution in [2.75, 3.05) is 0 Å². The summed E-state index contributed by atoms with van der Waals surface area (Å²) in [6.45, 7) is 4.72. The highest BCUT2D eigenvalue weighted by Gasteiger charge is 2.38. The summed E-state index contributed by atoms with van der Waals surface area (Å²) in [5.74, 6) is 1.85. The number of fused-ring (bicyclic) bond motifs is 10. The van der Waals surface area contributed by atoms with Crippen molar-refractivity contribution < 1.29 is 4.42 Å². The Bertz CT molecular complexity index is 3020. The SMILES string of the molecule is CC1(C)c2ccccc2-c2ccc3c(c21)c1ccccc1n3-c1ccc(-c2nc(-c3ccccc3)nc(-c3ccccc3)n2)c2c1oc1ccccc12. The van der Waals surface area contributed by atoms with Crippen LogP contribution < -0.4 is 0 Å². The molecule has 0 spiro atoms. The molecule has 0 fully saturated rings. The fraction of sp³-hybridized carbons (Fsp3) is 0.0625. The van der Waals surface area contributed by atoms with Crippen molar-refractivity contribution in [3.05, 3.63) is 169 Å². The fourth-order valence-corrected chi connectivity index (χ4v) is 8.70. The van der Waals surface area contributed by atoms with E-state index in [0.717, 1.165) is 55.3 Å². The maximum atomic E-state index is 6.89. The number of hydrogen-bond donors (Lipinski definition) is 0. The molecule has 1 aliphatic rings. The first kappa shape index (κ1) is 29.8. The number of rotatable bonds is 4. The molecule has 3 heterocycles. The molecular weight excluding hydrogens is 649 g/mol. The first-order chi connectivity index (χ1) is 26.1. The molecule has 0 N–H and O–H groups in total. The lowest BCUT2D eigenvalue weighted by Gasteiger charge is -2.22. The van der Waals surface area contributed by atoms with E-state index in [1.54, 1.807) is 0 Å². The van der Waals surface area contributed by atoms with Crippen LogP contribution in [0.5, 0.6) is 0 Å². The van der Waals surface area contributed by atoms with Gasteiger partial charge in [-0.25, -0.2) is 15.0 Å². The van der Waals surface area contributed by atoms with Crippen molar-refractivity contribution in [3.63, 3.8) is 0 Å². The van der Waals surface area contributed by atoms with Crippen LogP contribution in [-0.2, 0) is 5.41 Å². The maximum absolute atomic E-state index is 6.89. The molecule has 0 atom stereocenters. The van der Waals surface area contributed by atoms with Crippen molar-refractivity contribution in [3.8, 4) is 51.0 Å². The van der Waals surface area contributed by atoms with E-state index >= 15 is 0 Å². The Hall–Kier alpha value is -6.85. The van der Waals surface area contributed by atoms with Crippen LogP contribution in [0.15, 0.2) is 162 Å². The van der Waals surface area contributed by atoms with Gasteiger partial charge in [0.1, 0.15) is 5.58 Å². The summed E-state index contributed by atoms with van der Waals surface area (Å²) in [5, 5.41) is 4.50. The zero-order valence-corrected chi connectivity index (χ0v) is 29.2. The van der Waals surface area contributed by atoms with E-state index in [-0.39, 0.29) is 5.41 Å². The third kappa shape index (κ3) is 4.28. The number of nitrogens with zero attached hydrogens (tertiary/aromatic N) is 4. The third-order valence-electron chi connectivity index (χ3n) is 11.0. The van der Waals surface area contributed by atoms with Gasteiger partial charge in [-0.3, -0.25) is 0 Å². The first-order valence-corrected chi connectivity index (χ1v) is 18.0. The Morgan fingerprint density at radius 2 is 1.08 bits per heavy atom. The van der Waals surface area contributed by atoms with E-state index in [2.05, 4.69) is 103 Å². The summed E-state index contributed by atoms with van der Waals surface area (Å²) >= 11 is 0. The monoisotopic (exact) mass is 680 g/mol. The second-order valence-electron chi connectivity index (χ2n) is 14.4. The normalized spacial score (nSPS) is 13.2. The molecule has 250 valence electrons. The lowest BCUT2D eigenvalue weighted by Crippen LogP contribution is -2.15. The minimum Gasteiger partial charge on any atom is -0.454 e. The van der Waals surface area contributed by atoms with Gasteiger partial charge in [-0.2, -0.15) is 0 Å². The van der Waals surface area contributed by atoms with Crippen molar-refractivity contribution in [2.24, 2.45) is 0 Å². The topological polar surface area (TPSA) is 56.7 Å². The molecule has 5 heteroatoms. The third-order valence-corrected chi connectivity index (χ3v) is 11.0. The maximum Gasteiger partial charge on any atom is 0.164 e.